The molecule has 0 bridgehead atoms. The minimum absolute atomic E-state index is 0.369. The van der Waals surface area contributed by atoms with Crippen LogP contribution < -0.4 is 10.6 Å². The van der Waals surface area contributed by atoms with Gasteiger partial charge in [-0.3, -0.25) is 4.90 Å². The lowest BCUT2D eigenvalue weighted by atomic mass is 9.99. The Morgan fingerprint density at radius 3 is 3.06 bits per heavy atom. The molecule has 0 spiro atoms. The van der Waals surface area contributed by atoms with Gasteiger partial charge in [-0.15, -0.1) is 0 Å². The van der Waals surface area contributed by atoms with Gasteiger partial charge in [0.2, 0.25) is 5.95 Å². The Bertz CT molecular complexity index is 394. The molecule has 5 heteroatoms. The zero-order chi connectivity index (χ0) is 11.7. The van der Waals surface area contributed by atoms with E-state index < -0.39 is 0 Å². The van der Waals surface area contributed by atoms with Gasteiger partial charge in [0.25, 0.3) is 0 Å². The first-order valence-corrected chi connectivity index (χ1v) is 6.40. The van der Waals surface area contributed by atoms with Crippen LogP contribution in [0.1, 0.15) is 19.3 Å². The maximum Gasteiger partial charge on any atom is 0.221 e. The van der Waals surface area contributed by atoms with E-state index in [9.17, 15) is 0 Å². The quantitative estimate of drug-likeness (QED) is 0.775. The van der Waals surface area contributed by atoms with Crippen molar-refractivity contribution in [1.29, 1.82) is 0 Å². The third-order valence-electron chi connectivity index (χ3n) is 3.82. The van der Waals surface area contributed by atoms with Crippen molar-refractivity contribution < 1.29 is 0 Å². The van der Waals surface area contributed by atoms with Gasteiger partial charge in [0.05, 0.1) is 0 Å². The maximum atomic E-state index is 5.64. The molecular weight excluding hydrogens is 214 g/mol. The van der Waals surface area contributed by atoms with E-state index >= 15 is 0 Å². The number of hydrogen-bond acceptors (Lipinski definition) is 5. The number of nitrogens with zero attached hydrogens (tertiary/aromatic N) is 4. The second-order valence-corrected chi connectivity index (χ2v) is 4.90. The number of nitrogens with two attached hydrogens (primary N) is 1. The van der Waals surface area contributed by atoms with Crippen LogP contribution in [0.15, 0.2) is 12.3 Å². The zero-order valence-electron chi connectivity index (χ0n) is 10.0. The summed E-state index contributed by atoms with van der Waals surface area (Å²) in [6.45, 7) is 4.54. The fourth-order valence-electron chi connectivity index (χ4n) is 2.90. The molecule has 0 radical (unpaired) electrons. The predicted octanol–water partition coefficient (Wildman–Crippen LogP) is 0.733. The Morgan fingerprint density at radius 1 is 1.24 bits per heavy atom. The maximum absolute atomic E-state index is 5.64. The van der Waals surface area contributed by atoms with Gasteiger partial charge in [-0.25, -0.2) is 4.98 Å². The van der Waals surface area contributed by atoms with Crippen molar-refractivity contribution in [1.82, 2.24) is 14.9 Å². The average Bonchev–Trinajstić information content (AvgIpc) is 2.38. The number of fused-ring (bicyclic) bond motifs is 1. The minimum Gasteiger partial charge on any atom is -0.368 e. The molecule has 2 aliphatic heterocycles. The van der Waals surface area contributed by atoms with Crippen molar-refractivity contribution in [3.63, 3.8) is 0 Å². The molecule has 1 unspecified atom stereocenters. The summed E-state index contributed by atoms with van der Waals surface area (Å²) >= 11 is 0. The first-order valence-electron chi connectivity index (χ1n) is 6.40. The SMILES string of the molecule is Nc1nccc(N2CCN3CCCCC3C2)n1. The van der Waals surface area contributed by atoms with Crippen LogP contribution >= 0.6 is 0 Å². The van der Waals surface area contributed by atoms with Gasteiger partial charge in [0.15, 0.2) is 0 Å². The van der Waals surface area contributed by atoms with Crippen molar-refractivity contribution in [3.05, 3.63) is 12.3 Å². The molecule has 2 aliphatic rings. The van der Waals surface area contributed by atoms with E-state index in [1.807, 2.05) is 6.07 Å². The molecule has 0 amide bonds. The van der Waals surface area contributed by atoms with Crippen LogP contribution in [0.3, 0.4) is 0 Å². The molecule has 2 fully saturated rings. The van der Waals surface area contributed by atoms with E-state index in [0.29, 0.717) is 12.0 Å². The summed E-state index contributed by atoms with van der Waals surface area (Å²) < 4.78 is 0. The third-order valence-corrected chi connectivity index (χ3v) is 3.82. The van der Waals surface area contributed by atoms with Crippen LogP contribution in [-0.4, -0.2) is 47.1 Å². The smallest absolute Gasteiger partial charge is 0.221 e. The summed E-state index contributed by atoms with van der Waals surface area (Å²) in [5.74, 6) is 1.34. The second-order valence-electron chi connectivity index (χ2n) is 4.90. The van der Waals surface area contributed by atoms with Crippen LogP contribution in [0.4, 0.5) is 11.8 Å². The highest BCUT2D eigenvalue weighted by molar-refractivity contribution is 5.41. The van der Waals surface area contributed by atoms with Crippen LogP contribution in [-0.2, 0) is 0 Å². The molecule has 2 N–H and O–H groups in total. The fourth-order valence-corrected chi connectivity index (χ4v) is 2.90. The van der Waals surface area contributed by atoms with Crippen molar-refractivity contribution in [2.75, 3.05) is 36.8 Å². The number of aromatic nitrogens is 2. The van der Waals surface area contributed by atoms with Gasteiger partial charge in [0.1, 0.15) is 5.82 Å². The Balaban J connectivity index is 1.73. The molecule has 5 nitrogen and oxygen atoms in total. The van der Waals surface area contributed by atoms with E-state index in [-0.39, 0.29) is 0 Å². The van der Waals surface area contributed by atoms with Crippen LogP contribution in [0.5, 0.6) is 0 Å². The summed E-state index contributed by atoms with van der Waals surface area (Å²) in [6, 6.07) is 2.66. The molecule has 3 rings (SSSR count). The number of nitrogen functional groups attached to an aromatic ring is 1. The lowest BCUT2D eigenvalue weighted by molar-refractivity contribution is 0.133. The number of hydrogen-bond donors (Lipinski definition) is 1. The highest BCUT2D eigenvalue weighted by Gasteiger charge is 2.29. The third kappa shape index (κ3) is 2.20. The highest BCUT2D eigenvalue weighted by Crippen LogP contribution is 2.23. The Morgan fingerprint density at radius 2 is 2.18 bits per heavy atom. The van der Waals surface area contributed by atoms with Gasteiger partial charge in [-0.1, -0.05) is 6.42 Å². The molecular formula is C12H19N5. The second kappa shape index (κ2) is 4.49. The van der Waals surface area contributed by atoms with Gasteiger partial charge >= 0.3 is 0 Å². The van der Waals surface area contributed by atoms with E-state index in [0.717, 1.165) is 25.5 Å². The summed E-state index contributed by atoms with van der Waals surface area (Å²) in [5.41, 5.74) is 5.64. The predicted molar refractivity (Wildman–Crippen MR) is 67.9 cm³/mol. The number of piperidine rings is 1. The summed E-state index contributed by atoms with van der Waals surface area (Å²) in [5, 5.41) is 0. The van der Waals surface area contributed by atoms with Gasteiger partial charge in [-0.05, 0) is 25.5 Å². The standard InChI is InChI=1S/C12H19N5/c13-12-14-5-4-11(15-12)17-8-7-16-6-2-1-3-10(16)9-17/h4-5,10H,1-3,6-9H2,(H2,13,14,15). The van der Waals surface area contributed by atoms with E-state index in [1.165, 1.54) is 25.8 Å². The molecule has 1 aromatic heterocycles. The van der Waals surface area contributed by atoms with Crippen LogP contribution in [0.2, 0.25) is 0 Å². The van der Waals surface area contributed by atoms with Gasteiger partial charge in [0, 0.05) is 31.9 Å². The van der Waals surface area contributed by atoms with Gasteiger partial charge in [-0.2, -0.15) is 4.98 Å². The summed E-state index contributed by atoms with van der Waals surface area (Å²) in [7, 11) is 0. The first-order chi connectivity index (χ1) is 8.33. The monoisotopic (exact) mass is 233 g/mol. The normalized spacial score (nSPS) is 25.6. The van der Waals surface area contributed by atoms with Crippen LogP contribution in [0, 0.1) is 0 Å². The molecule has 0 aliphatic carbocycles. The highest BCUT2D eigenvalue weighted by atomic mass is 15.3. The zero-order valence-corrected chi connectivity index (χ0v) is 10.0. The molecule has 1 atom stereocenters. The minimum atomic E-state index is 0.369. The molecule has 0 aromatic carbocycles. The molecule has 1 aromatic rings. The van der Waals surface area contributed by atoms with Crippen molar-refractivity contribution in [2.45, 2.75) is 25.3 Å². The fraction of sp³-hybridized carbons (Fsp3) is 0.667. The first kappa shape index (κ1) is 10.8. The molecule has 17 heavy (non-hydrogen) atoms. The van der Waals surface area contributed by atoms with Crippen LogP contribution in [0.25, 0.3) is 0 Å². The average molecular weight is 233 g/mol. The topological polar surface area (TPSA) is 58.3 Å². The summed E-state index contributed by atoms with van der Waals surface area (Å²) in [6.07, 6.45) is 5.78. The largest absolute Gasteiger partial charge is 0.368 e. The number of rotatable bonds is 1. The number of anilines is 2. The molecule has 92 valence electrons. The Hall–Kier alpha value is -1.36. The van der Waals surface area contributed by atoms with Crippen molar-refractivity contribution >= 4 is 11.8 Å². The van der Waals surface area contributed by atoms with E-state index in [1.54, 1.807) is 6.20 Å². The lowest BCUT2D eigenvalue weighted by Gasteiger charge is -2.44. The van der Waals surface area contributed by atoms with E-state index in [4.69, 9.17) is 5.73 Å². The van der Waals surface area contributed by atoms with Crippen molar-refractivity contribution in [2.24, 2.45) is 0 Å². The number of piperazine rings is 1. The Labute approximate surface area is 102 Å². The lowest BCUT2D eigenvalue weighted by Crippen LogP contribution is -2.55. The molecule has 0 saturated carbocycles. The summed E-state index contributed by atoms with van der Waals surface area (Å²) in [4.78, 5) is 13.2. The van der Waals surface area contributed by atoms with E-state index in [2.05, 4.69) is 19.8 Å². The van der Waals surface area contributed by atoms with Crippen molar-refractivity contribution in [3.8, 4) is 0 Å². The molecule has 3 heterocycles. The van der Waals surface area contributed by atoms with Gasteiger partial charge < -0.3 is 10.6 Å². The molecule has 2 saturated heterocycles. The Kier molecular flexibility index (Phi) is 2.84.